The fourth-order valence-electron chi connectivity index (χ4n) is 7.15. The zero-order valence-electron chi connectivity index (χ0n) is 25.7. The summed E-state index contributed by atoms with van der Waals surface area (Å²) in [5, 5.41) is 10.3. The third-order valence-corrected chi connectivity index (χ3v) is 9.42. The summed E-state index contributed by atoms with van der Waals surface area (Å²) in [5.74, 6) is 1.17. The van der Waals surface area contributed by atoms with Gasteiger partial charge >= 0.3 is 5.97 Å². The predicted octanol–water partition coefficient (Wildman–Crippen LogP) is 6.87. The Hall–Kier alpha value is -1.25. The predicted molar refractivity (Wildman–Crippen MR) is 159 cm³/mol. The van der Waals surface area contributed by atoms with Crippen molar-refractivity contribution in [1.29, 1.82) is 0 Å². The first-order chi connectivity index (χ1) is 20.1. The molecule has 4 rings (SSSR count). The smallest absolute Gasteiger partial charge is 0.302 e. The van der Waals surface area contributed by atoms with Crippen LogP contribution in [0, 0.1) is 23.7 Å². The maximum atomic E-state index is 11.1. The molecule has 0 aromatic rings. The van der Waals surface area contributed by atoms with Crippen LogP contribution in [0.5, 0.6) is 0 Å². The van der Waals surface area contributed by atoms with Crippen LogP contribution in [0.3, 0.4) is 0 Å². The number of hydrogen-bond donors (Lipinski definition) is 1. The SMILES string of the molecule is CCCCCC(C=CC1C(OC2CCCCO2)CC2CC(C(CO)CCCCOC(C)=O)=CC21)OC1CCCCO1. The van der Waals surface area contributed by atoms with Gasteiger partial charge < -0.3 is 28.8 Å². The van der Waals surface area contributed by atoms with Crippen LogP contribution in [0.15, 0.2) is 23.8 Å². The second kappa shape index (κ2) is 17.8. The van der Waals surface area contributed by atoms with Crippen molar-refractivity contribution in [1.82, 2.24) is 0 Å². The number of allylic oxidation sites excluding steroid dienone is 1. The molecule has 2 aliphatic carbocycles. The van der Waals surface area contributed by atoms with Gasteiger partial charge in [0.2, 0.25) is 0 Å². The fraction of sp³-hybridized carbons (Fsp3) is 0.853. The molecule has 0 aromatic heterocycles. The summed E-state index contributed by atoms with van der Waals surface area (Å²) in [5.41, 5.74) is 1.40. The second-order valence-electron chi connectivity index (χ2n) is 12.6. The molecule has 234 valence electrons. The Morgan fingerprint density at radius 1 is 1.05 bits per heavy atom. The van der Waals surface area contributed by atoms with Crippen molar-refractivity contribution in [2.24, 2.45) is 23.7 Å². The van der Waals surface area contributed by atoms with Crippen LogP contribution in [-0.4, -0.2) is 62.3 Å². The van der Waals surface area contributed by atoms with Crippen LogP contribution in [0.25, 0.3) is 0 Å². The lowest BCUT2D eigenvalue weighted by Crippen LogP contribution is -2.31. The average molecular weight is 577 g/mol. The first-order valence-electron chi connectivity index (χ1n) is 16.7. The van der Waals surface area contributed by atoms with E-state index in [1.807, 2.05) is 0 Å². The molecule has 3 fully saturated rings. The molecule has 2 heterocycles. The largest absolute Gasteiger partial charge is 0.466 e. The van der Waals surface area contributed by atoms with E-state index in [1.54, 1.807) is 0 Å². The number of carbonyl (C=O) groups is 1. The van der Waals surface area contributed by atoms with Gasteiger partial charge in [0.1, 0.15) is 0 Å². The highest BCUT2D eigenvalue weighted by Crippen LogP contribution is 2.50. The Bertz CT molecular complexity index is 814. The number of hydrogen-bond acceptors (Lipinski definition) is 7. The van der Waals surface area contributed by atoms with Crippen molar-refractivity contribution in [3.8, 4) is 0 Å². The Balaban J connectivity index is 1.43. The van der Waals surface area contributed by atoms with Crippen molar-refractivity contribution in [2.45, 2.75) is 135 Å². The summed E-state index contributed by atoms with van der Waals surface area (Å²) >= 11 is 0. The molecular weight excluding hydrogens is 520 g/mol. The molecule has 0 bridgehead atoms. The first-order valence-corrected chi connectivity index (χ1v) is 16.7. The molecule has 0 spiro atoms. The number of aliphatic hydroxyl groups excluding tert-OH is 1. The molecule has 7 heteroatoms. The zero-order valence-corrected chi connectivity index (χ0v) is 25.7. The quantitative estimate of drug-likeness (QED) is 0.115. The lowest BCUT2D eigenvalue weighted by Gasteiger charge is -2.30. The lowest BCUT2D eigenvalue weighted by molar-refractivity contribution is -0.192. The molecule has 0 radical (unpaired) electrons. The summed E-state index contributed by atoms with van der Waals surface area (Å²) < 4.78 is 30.2. The minimum Gasteiger partial charge on any atom is -0.466 e. The minimum absolute atomic E-state index is 0.0579. The molecule has 0 aromatic carbocycles. The zero-order chi connectivity index (χ0) is 28.9. The van der Waals surface area contributed by atoms with Gasteiger partial charge in [0.05, 0.1) is 18.8 Å². The monoisotopic (exact) mass is 576 g/mol. The Kier molecular flexibility index (Phi) is 14.2. The molecule has 41 heavy (non-hydrogen) atoms. The number of carbonyl (C=O) groups excluding carboxylic acids is 1. The van der Waals surface area contributed by atoms with Crippen molar-refractivity contribution < 1.29 is 33.6 Å². The van der Waals surface area contributed by atoms with Crippen LogP contribution in [0.4, 0.5) is 0 Å². The molecule has 7 nitrogen and oxygen atoms in total. The maximum absolute atomic E-state index is 11.1. The highest BCUT2D eigenvalue weighted by molar-refractivity contribution is 5.65. The average Bonchev–Trinajstić information content (AvgIpc) is 3.52. The van der Waals surface area contributed by atoms with Gasteiger partial charge in [-0.2, -0.15) is 0 Å². The summed E-state index contributed by atoms with van der Waals surface area (Å²) in [6.45, 7) is 5.91. The maximum Gasteiger partial charge on any atom is 0.302 e. The van der Waals surface area contributed by atoms with Gasteiger partial charge in [-0.3, -0.25) is 4.79 Å². The summed E-state index contributed by atoms with van der Waals surface area (Å²) in [6.07, 6.45) is 23.1. The number of esters is 1. The van der Waals surface area contributed by atoms with Crippen LogP contribution in [-0.2, 0) is 28.5 Å². The van der Waals surface area contributed by atoms with E-state index in [1.165, 1.54) is 38.2 Å². The van der Waals surface area contributed by atoms with Gasteiger partial charge in [0.15, 0.2) is 12.6 Å². The number of unbranched alkanes of at least 4 members (excludes halogenated alkanes) is 3. The van der Waals surface area contributed by atoms with Gasteiger partial charge in [-0.05, 0) is 88.9 Å². The standard InChI is InChI=1S/C34H56O7/c1-3-4-5-13-29(40-33-14-7-10-19-38-33)16-17-30-31-22-27(26(24-35)12-6-9-18-37-25(2)36)21-28(31)23-32(30)41-34-15-8-11-20-39-34/h16-17,22,26,28-35H,3-15,18-21,23-24H2,1-2H3. The number of rotatable bonds is 17. The molecular formula is C34H56O7. The van der Waals surface area contributed by atoms with Crippen LogP contribution >= 0.6 is 0 Å². The molecule has 2 aliphatic heterocycles. The van der Waals surface area contributed by atoms with Crippen LogP contribution in [0.1, 0.15) is 110 Å². The number of fused-ring (bicyclic) bond motifs is 1. The van der Waals surface area contributed by atoms with E-state index >= 15 is 0 Å². The van der Waals surface area contributed by atoms with E-state index in [9.17, 15) is 9.90 Å². The van der Waals surface area contributed by atoms with E-state index < -0.39 is 0 Å². The number of ether oxygens (including phenoxy) is 5. The van der Waals surface area contributed by atoms with E-state index in [0.29, 0.717) is 18.4 Å². The minimum atomic E-state index is -0.228. The first kappa shape index (κ1) is 32.7. The fourth-order valence-corrected chi connectivity index (χ4v) is 7.15. The third kappa shape index (κ3) is 10.5. The molecule has 8 atom stereocenters. The van der Waals surface area contributed by atoms with E-state index in [4.69, 9.17) is 23.7 Å². The van der Waals surface area contributed by atoms with Crippen LogP contribution < -0.4 is 0 Å². The Morgan fingerprint density at radius 2 is 1.80 bits per heavy atom. The highest BCUT2D eigenvalue weighted by Gasteiger charge is 2.46. The normalized spacial score (nSPS) is 31.6. The Labute approximate surface area is 248 Å². The number of aliphatic hydroxyl groups is 1. The summed E-state index contributed by atoms with van der Waals surface area (Å²) in [7, 11) is 0. The molecule has 1 N–H and O–H groups in total. The Morgan fingerprint density at radius 3 is 2.49 bits per heavy atom. The van der Waals surface area contributed by atoms with E-state index in [2.05, 4.69) is 25.2 Å². The van der Waals surface area contributed by atoms with Gasteiger partial charge in [-0.15, -0.1) is 0 Å². The van der Waals surface area contributed by atoms with Crippen molar-refractivity contribution >= 4 is 5.97 Å². The topological polar surface area (TPSA) is 83.5 Å². The van der Waals surface area contributed by atoms with Crippen LogP contribution in [0.2, 0.25) is 0 Å². The van der Waals surface area contributed by atoms with Gasteiger partial charge in [-0.25, -0.2) is 0 Å². The molecule has 4 aliphatic rings. The summed E-state index contributed by atoms with van der Waals surface area (Å²) in [4.78, 5) is 11.1. The molecule has 8 unspecified atom stereocenters. The van der Waals surface area contributed by atoms with Gasteiger partial charge in [0, 0.05) is 38.6 Å². The van der Waals surface area contributed by atoms with E-state index in [0.717, 1.165) is 83.8 Å². The molecule has 1 saturated carbocycles. The van der Waals surface area contributed by atoms with Crippen molar-refractivity contribution in [2.75, 3.05) is 26.4 Å². The van der Waals surface area contributed by atoms with Gasteiger partial charge in [-0.1, -0.05) is 50.0 Å². The highest BCUT2D eigenvalue weighted by atomic mass is 16.7. The third-order valence-electron chi connectivity index (χ3n) is 9.42. The van der Waals surface area contributed by atoms with Crippen molar-refractivity contribution in [3.05, 3.63) is 23.8 Å². The summed E-state index contributed by atoms with van der Waals surface area (Å²) in [6, 6.07) is 0. The molecule has 0 amide bonds. The van der Waals surface area contributed by atoms with Gasteiger partial charge in [0.25, 0.3) is 0 Å². The lowest BCUT2D eigenvalue weighted by atomic mass is 9.91. The second-order valence-corrected chi connectivity index (χ2v) is 12.6. The van der Waals surface area contributed by atoms with E-state index in [-0.39, 0.29) is 49.2 Å². The van der Waals surface area contributed by atoms with Crippen molar-refractivity contribution in [3.63, 3.8) is 0 Å². The molecule has 2 saturated heterocycles.